The van der Waals surface area contributed by atoms with Crippen LogP contribution in [0.2, 0.25) is 0 Å². The zero-order valence-electron chi connectivity index (χ0n) is 19.0. The van der Waals surface area contributed by atoms with E-state index in [2.05, 4.69) is 13.8 Å². The lowest BCUT2D eigenvalue weighted by Gasteiger charge is -2.31. The van der Waals surface area contributed by atoms with E-state index in [1.54, 1.807) is 23.1 Å². The third-order valence-corrected chi connectivity index (χ3v) is 6.37. The summed E-state index contributed by atoms with van der Waals surface area (Å²) < 4.78 is 5.81. The summed E-state index contributed by atoms with van der Waals surface area (Å²) in [7, 11) is 0. The Bertz CT molecular complexity index is 1050. The van der Waals surface area contributed by atoms with Gasteiger partial charge in [-0.3, -0.25) is 9.59 Å². The fourth-order valence-corrected chi connectivity index (χ4v) is 4.76. The van der Waals surface area contributed by atoms with E-state index in [1.807, 2.05) is 37.3 Å². The number of rotatable bonds is 6. The molecule has 1 amide bonds. The summed E-state index contributed by atoms with van der Waals surface area (Å²) >= 11 is 0. The normalized spacial score (nSPS) is 21.0. The molecule has 1 aliphatic carbocycles. The van der Waals surface area contributed by atoms with E-state index in [-0.39, 0.29) is 17.4 Å². The van der Waals surface area contributed by atoms with Crippen molar-refractivity contribution in [3.05, 3.63) is 70.8 Å². The summed E-state index contributed by atoms with van der Waals surface area (Å²) in [5.74, 6) is -0.285. The van der Waals surface area contributed by atoms with E-state index in [0.717, 1.165) is 36.8 Å². The highest BCUT2D eigenvalue weighted by Crippen LogP contribution is 2.44. The van der Waals surface area contributed by atoms with Crippen molar-refractivity contribution in [2.75, 3.05) is 6.61 Å². The minimum Gasteiger partial charge on any atom is -0.507 e. The van der Waals surface area contributed by atoms with Crippen LogP contribution in [0.3, 0.4) is 0 Å². The fourth-order valence-electron chi connectivity index (χ4n) is 4.76. The topological polar surface area (TPSA) is 66.8 Å². The number of carbonyl (C=O) groups is 2. The summed E-state index contributed by atoms with van der Waals surface area (Å²) in [5, 5.41) is 11.3. The lowest BCUT2D eigenvalue weighted by Crippen LogP contribution is -2.37. The van der Waals surface area contributed by atoms with Crippen LogP contribution in [0.25, 0.3) is 5.76 Å². The quantitative estimate of drug-likeness (QED) is 0.377. The maximum Gasteiger partial charge on any atom is 0.295 e. The molecule has 0 spiro atoms. The van der Waals surface area contributed by atoms with Crippen LogP contribution < -0.4 is 4.74 Å². The smallest absolute Gasteiger partial charge is 0.295 e. The zero-order chi connectivity index (χ0) is 22.8. The van der Waals surface area contributed by atoms with E-state index >= 15 is 0 Å². The van der Waals surface area contributed by atoms with Crippen molar-refractivity contribution in [1.82, 2.24) is 4.90 Å². The predicted octanol–water partition coefficient (Wildman–Crippen LogP) is 5.39. The molecule has 2 aromatic carbocycles. The number of aliphatic hydroxyl groups excluding tert-OH is 1. The summed E-state index contributed by atoms with van der Waals surface area (Å²) in [4.78, 5) is 28.2. The number of ether oxygens (including phenoxy) is 1. The Labute approximate surface area is 189 Å². The number of carbonyl (C=O) groups excluding carboxylic acids is 2. The Morgan fingerprint density at radius 1 is 1.09 bits per heavy atom. The van der Waals surface area contributed by atoms with Gasteiger partial charge in [-0.2, -0.15) is 0 Å². The van der Waals surface area contributed by atoms with Gasteiger partial charge in [-0.05, 0) is 48.9 Å². The second kappa shape index (κ2) is 9.19. The Balaban J connectivity index is 1.82. The molecule has 0 radical (unpaired) electrons. The van der Waals surface area contributed by atoms with Gasteiger partial charge in [0.15, 0.2) is 0 Å². The number of ketones is 1. The first-order valence-electron chi connectivity index (χ1n) is 11.5. The van der Waals surface area contributed by atoms with Crippen molar-refractivity contribution in [1.29, 1.82) is 0 Å². The molecule has 4 rings (SSSR count). The molecule has 5 nitrogen and oxygen atoms in total. The van der Waals surface area contributed by atoms with Gasteiger partial charge in [0.2, 0.25) is 0 Å². The van der Waals surface area contributed by atoms with Gasteiger partial charge in [-0.1, -0.05) is 63.1 Å². The lowest BCUT2D eigenvalue weighted by atomic mass is 9.92. The lowest BCUT2D eigenvalue weighted by molar-refractivity contribution is -0.141. The highest BCUT2D eigenvalue weighted by Gasteiger charge is 2.49. The van der Waals surface area contributed by atoms with Crippen LogP contribution in [0.4, 0.5) is 0 Å². The second-order valence-electron chi connectivity index (χ2n) is 9.23. The van der Waals surface area contributed by atoms with Crippen molar-refractivity contribution in [2.24, 2.45) is 5.92 Å². The maximum atomic E-state index is 13.2. The number of likely N-dealkylation sites (tertiary alicyclic amines) is 1. The summed E-state index contributed by atoms with van der Waals surface area (Å²) in [6, 6.07) is 14.3. The maximum absolute atomic E-state index is 13.2. The molecule has 1 saturated heterocycles. The van der Waals surface area contributed by atoms with Gasteiger partial charge >= 0.3 is 0 Å². The van der Waals surface area contributed by atoms with Crippen LogP contribution in [0, 0.1) is 12.8 Å². The molecule has 1 unspecified atom stereocenters. The first kappa shape index (κ1) is 22.1. The molecule has 1 N–H and O–H groups in total. The van der Waals surface area contributed by atoms with Crippen LogP contribution in [0.15, 0.2) is 54.1 Å². The molecule has 2 aliphatic rings. The highest BCUT2D eigenvalue weighted by molar-refractivity contribution is 6.46. The minimum atomic E-state index is -0.615. The van der Waals surface area contributed by atoms with Crippen molar-refractivity contribution >= 4 is 17.4 Å². The van der Waals surface area contributed by atoms with Crippen LogP contribution >= 0.6 is 0 Å². The molecule has 0 aromatic heterocycles. The van der Waals surface area contributed by atoms with Gasteiger partial charge < -0.3 is 14.7 Å². The minimum absolute atomic E-state index is 0.0158. The van der Waals surface area contributed by atoms with Crippen molar-refractivity contribution in [3.8, 4) is 5.75 Å². The molecule has 2 aromatic rings. The van der Waals surface area contributed by atoms with Crippen LogP contribution in [-0.2, 0) is 9.59 Å². The number of benzene rings is 2. The molecule has 168 valence electrons. The number of aryl methyl sites for hydroxylation is 1. The monoisotopic (exact) mass is 433 g/mol. The third kappa shape index (κ3) is 4.16. The zero-order valence-corrected chi connectivity index (χ0v) is 19.0. The fraction of sp³-hybridized carbons (Fsp3) is 0.407. The average Bonchev–Trinajstić information content (AvgIpc) is 3.39. The Morgan fingerprint density at radius 3 is 2.50 bits per heavy atom. The molecule has 2 fully saturated rings. The third-order valence-electron chi connectivity index (χ3n) is 6.37. The van der Waals surface area contributed by atoms with Crippen molar-refractivity contribution in [3.63, 3.8) is 0 Å². The van der Waals surface area contributed by atoms with E-state index in [1.165, 1.54) is 0 Å². The number of amides is 1. The largest absolute Gasteiger partial charge is 0.507 e. The summed E-state index contributed by atoms with van der Waals surface area (Å²) in [6.07, 6.45) is 3.86. The Morgan fingerprint density at radius 2 is 1.81 bits per heavy atom. The molecular formula is C27H31NO4. The molecule has 0 bridgehead atoms. The van der Waals surface area contributed by atoms with Gasteiger partial charge in [0.05, 0.1) is 18.2 Å². The first-order valence-corrected chi connectivity index (χ1v) is 11.5. The Hall–Kier alpha value is -3.08. The molecular weight excluding hydrogens is 402 g/mol. The standard InChI is InChI=1S/C27H31NO4/c1-17(2)16-32-21-13-8-10-19(15-21)25(29)23-24(22-14-7-4-9-18(22)3)28(27(31)26(23)30)20-11-5-6-12-20/h4,7-10,13-15,17,20,24,29H,5-6,11-12,16H2,1-3H3/b25-23+. The van der Waals surface area contributed by atoms with Crippen molar-refractivity contribution in [2.45, 2.75) is 58.5 Å². The van der Waals surface area contributed by atoms with Gasteiger partial charge in [-0.15, -0.1) is 0 Å². The Kier molecular flexibility index (Phi) is 6.35. The number of nitrogens with zero attached hydrogens (tertiary/aromatic N) is 1. The number of aliphatic hydroxyl groups is 1. The molecule has 5 heteroatoms. The van der Waals surface area contributed by atoms with Gasteiger partial charge in [0.25, 0.3) is 11.7 Å². The molecule has 1 aliphatic heterocycles. The molecule has 1 heterocycles. The van der Waals surface area contributed by atoms with E-state index in [0.29, 0.717) is 23.8 Å². The average molecular weight is 434 g/mol. The summed E-state index contributed by atoms with van der Waals surface area (Å²) in [6.45, 7) is 6.66. The second-order valence-corrected chi connectivity index (χ2v) is 9.23. The van der Waals surface area contributed by atoms with Crippen LogP contribution in [-0.4, -0.2) is 34.3 Å². The van der Waals surface area contributed by atoms with E-state index in [9.17, 15) is 14.7 Å². The first-order chi connectivity index (χ1) is 15.4. The van der Waals surface area contributed by atoms with Gasteiger partial charge in [-0.25, -0.2) is 0 Å². The SMILES string of the molecule is Cc1ccccc1C1/C(=C(\O)c2cccc(OCC(C)C)c2)C(=O)C(=O)N1C1CCCC1. The molecule has 1 saturated carbocycles. The molecule has 1 atom stereocenters. The number of Topliss-reactive ketones (excluding diaryl/α,β-unsaturated/α-hetero) is 1. The van der Waals surface area contributed by atoms with Crippen LogP contribution in [0.5, 0.6) is 5.75 Å². The van der Waals surface area contributed by atoms with E-state index in [4.69, 9.17) is 4.74 Å². The highest BCUT2D eigenvalue weighted by atomic mass is 16.5. The summed E-state index contributed by atoms with van der Waals surface area (Å²) in [5.41, 5.74) is 2.51. The van der Waals surface area contributed by atoms with Gasteiger partial charge in [0.1, 0.15) is 11.5 Å². The van der Waals surface area contributed by atoms with E-state index < -0.39 is 17.7 Å². The van der Waals surface area contributed by atoms with Crippen LogP contribution in [0.1, 0.15) is 62.3 Å². The molecule has 32 heavy (non-hydrogen) atoms. The number of hydrogen-bond acceptors (Lipinski definition) is 4. The van der Waals surface area contributed by atoms with Crippen molar-refractivity contribution < 1.29 is 19.4 Å². The predicted molar refractivity (Wildman–Crippen MR) is 124 cm³/mol. The number of hydrogen-bond donors (Lipinski definition) is 1. The van der Waals surface area contributed by atoms with Gasteiger partial charge in [0, 0.05) is 11.6 Å².